The molecule has 4 heterocycles. The van der Waals surface area contributed by atoms with Crippen molar-refractivity contribution in [2.45, 2.75) is 37.9 Å². The molecule has 1 spiro atoms. The van der Waals surface area contributed by atoms with E-state index in [9.17, 15) is 4.79 Å². The highest BCUT2D eigenvalue weighted by molar-refractivity contribution is 5.93. The van der Waals surface area contributed by atoms with Crippen molar-refractivity contribution < 1.29 is 14.3 Å². The summed E-state index contributed by atoms with van der Waals surface area (Å²) in [6.07, 6.45) is 4.66. The number of ether oxygens (including phenoxy) is 2. The summed E-state index contributed by atoms with van der Waals surface area (Å²) in [5.74, 6) is -0.0343. The Hall–Kier alpha value is -1.92. The molecule has 4 rings (SSSR count). The number of carbonyl (C=O) groups is 1. The molecule has 2 aromatic heterocycles. The lowest BCUT2D eigenvalue weighted by Crippen LogP contribution is -2.57. The molecule has 2 aromatic rings. The first-order chi connectivity index (χ1) is 11.6. The van der Waals surface area contributed by atoms with E-state index in [4.69, 9.17) is 9.47 Å². The third kappa shape index (κ3) is 2.41. The number of aromatic nitrogens is 2. The van der Waals surface area contributed by atoms with Crippen LogP contribution in [0.1, 0.15) is 35.4 Å². The van der Waals surface area contributed by atoms with Crippen LogP contribution in [0.15, 0.2) is 24.4 Å². The molecule has 0 aliphatic carbocycles. The second-order valence-electron chi connectivity index (χ2n) is 6.76. The van der Waals surface area contributed by atoms with Crippen molar-refractivity contribution in [1.82, 2.24) is 14.3 Å². The maximum absolute atomic E-state index is 12.9. The first kappa shape index (κ1) is 15.6. The molecule has 2 saturated heterocycles. The Balaban J connectivity index is 1.57. The number of nitrogens with zero attached hydrogens (tertiary/aromatic N) is 3. The number of piperidine rings is 1. The van der Waals surface area contributed by atoms with Crippen LogP contribution in [0.4, 0.5) is 0 Å². The van der Waals surface area contributed by atoms with Gasteiger partial charge in [-0.1, -0.05) is 6.07 Å². The highest BCUT2D eigenvalue weighted by Crippen LogP contribution is 2.37. The van der Waals surface area contributed by atoms with Crippen LogP contribution in [0, 0.1) is 6.92 Å². The Labute approximate surface area is 141 Å². The summed E-state index contributed by atoms with van der Waals surface area (Å²) < 4.78 is 13.6. The number of amides is 1. The molecule has 6 heteroatoms. The van der Waals surface area contributed by atoms with E-state index < -0.39 is 0 Å². The van der Waals surface area contributed by atoms with Crippen LogP contribution in [0.2, 0.25) is 0 Å². The van der Waals surface area contributed by atoms with Crippen LogP contribution in [-0.4, -0.2) is 58.7 Å². The van der Waals surface area contributed by atoms with Gasteiger partial charge in [0.1, 0.15) is 17.4 Å². The van der Waals surface area contributed by atoms with Gasteiger partial charge in [-0.3, -0.25) is 4.79 Å². The van der Waals surface area contributed by atoms with Gasteiger partial charge in [0, 0.05) is 32.2 Å². The lowest BCUT2D eigenvalue weighted by Gasteiger charge is -2.44. The highest BCUT2D eigenvalue weighted by Gasteiger charge is 2.47. The quantitative estimate of drug-likeness (QED) is 0.846. The standard InChI is InChI=1S/C18H23N3O3/c1-13-5-3-6-16-19-14(11-21(13)16)17(22)20-9-8-18(7-4-10-24-18)15(12-20)23-2/h3,5-6,11,15H,4,7-10,12H2,1-2H3/t15-,18-/m0/s1. The molecule has 2 fully saturated rings. The van der Waals surface area contributed by atoms with Crippen LogP contribution in [0.5, 0.6) is 0 Å². The van der Waals surface area contributed by atoms with Gasteiger partial charge in [-0.2, -0.15) is 0 Å². The van der Waals surface area contributed by atoms with Gasteiger partial charge >= 0.3 is 0 Å². The minimum atomic E-state index is -0.207. The van der Waals surface area contributed by atoms with Gasteiger partial charge in [-0.15, -0.1) is 0 Å². The van der Waals surface area contributed by atoms with Gasteiger partial charge in [0.2, 0.25) is 0 Å². The molecule has 2 atom stereocenters. The number of imidazole rings is 1. The molecule has 0 saturated carbocycles. The zero-order valence-corrected chi connectivity index (χ0v) is 14.2. The smallest absolute Gasteiger partial charge is 0.274 e. The summed E-state index contributed by atoms with van der Waals surface area (Å²) in [7, 11) is 1.70. The first-order valence-corrected chi connectivity index (χ1v) is 8.54. The van der Waals surface area contributed by atoms with Crippen molar-refractivity contribution in [2.24, 2.45) is 0 Å². The van der Waals surface area contributed by atoms with E-state index in [1.54, 1.807) is 7.11 Å². The fraction of sp³-hybridized carbons (Fsp3) is 0.556. The van der Waals surface area contributed by atoms with E-state index in [2.05, 4.69) is 4.98 Å². The van der Waals surface area contributed by atoms with Crippen molar-refractivity contribution in [3.63, 3.8) is 0 Å². The number of hydrogen-bond acceptors (Lipinski definition) is 4. The Morgan fingerprint density at radius 1 is 1.42 bits per heavy atom. The molecule has 0 N–H and O–H groups in total. The van der Waals surface area contributed by atoms with Crippen LogP contribution < -0.4 is 0 Å². The Kier molecular flexibility index (Phi) is 3.81. The maximum Gasteiger partial charge on any atom is 0.274 e. The SMILES string of the molecule is CO[C@H]1CN(C(=O)c2cn3c(C)cccc3n2)CC[C@@]12CCCO2. The molecule has 0 radical (unpaired) electrons. The van der Waals surface area contributed by atoms with E-state index in [1.165, 1.54) is 0 Å². The van der Waals surface area contributed by atoms with Crippen LogP contribution in [-0.2, 0) is 9.47 Å². The number of methoxy groups -OCH3 is 1. The number of aryl methyl sites for hydroxylation is 1. The van der Waals surface area contributed by atoms with Crippen molar-refractivity contribution in [3.05, 3.63) is 35.8 Å². The third-order valence-electron chi connectivity index (χ3n) is 5.40. The average Bonchev–Trinajstić information content (AvgIpc) is 3.23. The second-order valence-corrected chi connectivity index (χ2v) is 6.76. The molecule has 1 amide bonds. The molecule has 2 aliphatic heterocycles. The van der Waals surface area contributed by atoms with E-state index in [0.29, 0.717) is 18.8 Å². The predicted molar refractivity (Wildman–Crippen MR) is 89.2 cm³/mol. The van der Waals surface area contributed by atoms with Gasteiger partial charge in [-0.25, -0.2) is 4.98 Å². The molecule has 128 valence electrons. The predicted octanol–water partition coefficient (Wildman–Crippen LogP) is 2.05. The maximum atomic E-state index is 12.9. The van der Waals surface area contributed by atoms with Crippen molar-refractivity contribution in [3.8, 4) is 0 Å². The number of pyridine rings is 1. The van der Waals surface area contributed by atoms with E-state index in [-0.39, 0.29) is 17.6 Å². The molecule has 0 aromatic carbocycles. The fourth-order valence-corrected chi connectivity index (χ4v) is 4.00. The number of rotatable bonds is 2. The fourth-order valence-electron chi connectivity index (χ4n) is 4.00. The zero-order chi connectivity index (χ0) is 16.7. The topological polar surface area (TPSA) is 56.1 Å². The third-order valence-corrected chi connectivity index (χ3v) is 5.40. The Bertz CT molecular complexity index is 764. The van der Waals surface area contributed by atoms with E-state index in [0.717, 1.165) is 37.2 Å². The summed E-state index contributed by atoms with van der Waals surface area (Å²) in [6.45, 7) is 4.04. The largest absolute Gasteiger partial charge is 0.377 e. The van der Waals surface area contributed by atoms with Crippen molar-refractivity contribution in [2.75, 3.05) is 26.8 Å². The van der Waals surface area contributed by atoms with Crippen LogP contribution in [0.3, 0.4) is 0 Å². The molecule has 6 nitrogen and oxygen atoms in total. The number of likely N-dealkylation sites (tertiary alicyclic amines) is 1. The lowest BCUT2D eigenvalue weighted by molar-refractivity contribution is -0.136. The van der Waals surface area contributed by atoms with Gasteiger partial charge in [-0.05, 0) is 38.3 Å². The molecular weight excluding hydrogens is 306 g/mol. The van der Waals surface area contributed by atoms with Gasteiger partial charge in [0.15, 0.2) is 0 Å². The van der Waals surface area contributed by atoms with Crippen molar-refractivity contribution >= 4 is 11.6 Å². The van der Waals surface area contributed by atoms with Gasteiger partial charge in [0.25, 0.3) is 5.91 Å². The Morgan fingerprint density at radius 2 is 2.29 bits per heavy atom. The van der Waals surface area contributed by atoms with Crippen molar-refractivity contribution in [1.29, 1.82) is 0 Å². The number of fused-ring (bicyclic) bond motifs is 1. The molecular formula is C18H23N3O3. The number of carbonyl (C=O) groups excluding carboxylic acids is 1. The molecule has 2 aliphatic rings. The second kappa shape index (κ2) is 5.86. The summed E-state index contributed by atoms with van der Waals surface area (Å²) in [6, 6.07) is 5.88. The van der Waals surface area contributed by atoms with Gasteiger partial charge < -0.3 is 18.8 Å². The normalized spacial score (nSPS) is 27.2. The summed E-state index contributed by atoms with van der Waals surface area (Å²) >= 11 is 0. The van der Waals surface area contributed by atoms with Gasteiger partial charge in [0.05, 0.1) is 12.1 Å². The summed E-state index contributed by atoms with van der Waals surface area (Å²) in [5, 5.41) is 0. The molecule has 24 heavy (non-hydrogen) atoms. The van der Waals surface area contributed by atoms with E-state index in [1.807, 2.05) is 40.6 Å². The lowest BCUT2D eigenvalue weighted by atomic mass is 9.85. The molecule has 0 bridgehead atoms. The molecule has 0 unspecified atom stereocenters. The first-order valence-electron chi connectivity index (χ1n) is 8.54. The number of hydrogen-bond donors (Lipinski definition) is 0. The summed E-state index contributed by atoms with van der Waals surface area (Å²) in [4.78, 5) is 19.2. The monoisotopic (exact) mass is 329 g/mol. The summed E-state index contributed by atoms with van der Waals surface area (Å²) in [5.41, 5.74) is 2.14. The van der Waals surface area contributed by atoms with Crippen LogP contribution in [0.25, 0.3) is 5.65 Å². The minimum Gasteiger partial charge on any atom is -0.377 e. The zero-order valence-electron chi connectivity index (χ0n) is 14.2. The minimum absolute atomic E-state index is 0.0343. The Morgan fingerprint density at radius 3 is 3.00 bits per heavy atom. The van der Waals surface area contributed by atoms with Crippen LogP contribution >= 0.6 is 0 Å². The van der Waals surface area contributed by atoms with E-state index >= 15 is 0 Å². The average molecular weight is 329 g/mol. The highest BCUT2D eigenvalue weighted by atomic mass is 16.5.